The highest BCUT2D eigenvalue weighted by Gasteiger charge is 2.02. The van der Waals surface area contributed by atoms with Crippen LogP contribution in [0.1, 0.15) is 5.56 Å². The zero-order valence-corrected chi connectivity index (χ0v) is 10.4. The normalized spacial score (nSPS) is 11.3. The maximum absolute atomic E-state index is 4.13. The van der Waals surface area contributed by atoms with Crippen molar-refractivity contribution < 1.29 is 0 Å². The second-order valence-corrected chi connectivity index (χ2v) is 3.71. The summed E-state index contributed by atoms with van der Waals surface area (Å²) >= 11 is 0. The van der Waals surface area contributed by atoms with E-state index in [-0.39, 0.29) is 0 Å². The summed E-state index contributed by atoms with van der Waals surface area (Å²) in [6, 6.07) is 8.11. The summed E-state index contributed by atoms with van der Waals surface area (Å²) in [5.74, 6) is 1.54. The Morgan fingerprint density at radius 2 is 2.33 bits per heavy atom. The third-order valence-corrected chi connectivity index (χ3v) is 2.54. The summed E-state index contributed by atoms with van der Waals surface area (Å²) < 4.78 is 0. The molecule has 0 aliphatic rings. The number of aromatic amines is 1. The number of benzene rings is 1. The van der Waals surface area contributed by atoms with E-state index in [4.69, 9.17) is 0 Å². The Kier molecular flexibility index (Phi) is 3.90. The standard InChI is InChI=1S/C12H16N6/c1-13-12(14-2)15-7-9-4-3-5-10(6-9)11-16-8-17-18-11/h3-6,8H,7H2,1-2H3,(H2,13,14,15)(H,16,17,18). The van der Waals surface area contributed by atoms with Crippen LogP contribution in [0.25, 0.3) is 11.4 Å². The summed E-state index contributed by atoms with van der Waals surface area (Å²) in [5, 5.41) is 12.9. The van der Waals surface area contributed by atoms with Crippen molar-refractivity contribution in [2.75, 3.05) is 14.1 Å². The summed E-state index contributed by atoms with van der Waals surface area (Å²) in [6.07, 6.45) is 1.50. The number of guanidine groups is 1. The quantitative estimate of drug-likeness (QED) is 0.550. The number of nitrogens with zero attached hydrogens (tertiary/aromatic N) is 3. The van der Waals surface area contributed by atoms with Crippen LogP contribution in [0.3, 0.4) is 0 Å². The molecule has 1 aromatic heterocycles. The molecule has 2 rings (SSSR count). The third-order valence-electron chi connectivity index (χ3n) is 2.54. The zero-order valence-electron chi connectivity index (χ0n) is 10.4. The highest BCUT2D eigenvalue weighted by molar-refractivity contribution is 5.79. The van der Waals surface area contributed by atoms with Gasteiger partial charge in [-0.15, -0.1) is 0 Å². The first kappa shape index (κ1) is 12.1. The fourth-order valence-electron chi connectivity index (χ4n) is 1.64. The van der Waals surface area contributed by atoms with Crippen LogP contribution in [0, 0.1) is 0 Å². The van der Waals surface area contributed by atoms with Gasteiger partial charge in [-0.2, -0.15) is 5.10 Å². The summed E-state index contributed by atoms with van der Waals surface area (Å²) in [6.45, 7) is 0.704. The van der Waals surface area contributed by atoms with E-state index in [1.54, 1.807) is 7.05 Å². The molecule has 1 aromatic carbocycles. The summed E-state index contributed by atoms with van der Waals surface area (Å²) in [4.78, 5) is 8.19. The molecule has 0 aliphatic heterocycles. The lowest BCUT2D eigenvalue weighted by Gasteiger charge is -2.09. The smallest absolute Gasteiger partial charge is 0.190 e. The van der Waals surface area contributed by atoms with Crippen LogP contribution in [-0.2, 0) is 6.54 Å². The minimum absolute atomic E-state index is 0.704. The van der Waals surface area contributed by atoms with Crippen molar-refractivity contribution in [2.45, 2.75) is 6.54 Å². The van der Waals surface area contributed by atoms with E-state index in [0.717, 1.165) is 22.9 Å². The van der Waals surface area contributed by atoms with Gasteiger partial charge in [0.05, 0.1) is 0 Å². The number of aliphatic imine (C=N–C) groups is 1. The van der Waals surface area contributed by atoms with Crippen LogP contribution in [0.15, 0.2) is 35.6 Å². The van der Waals surface area contributed by atoms with Crippen molar-refractivity contribution in [3.8, 4) is 11.4 Å². The van der Waals surface area contributed by atoms with Gasteiger partial charge in [0, 0.05) is 26.2 Å². The fraction of sp³-hybridized carbons (Fsp3) is 0.250. The van der Waals surface area contributed by atoms with Gasteiger partial charge in [-0.05, 0) is 11.6 Å². The molecule has 2 aromatic rings. The van der Waals surface area contributed by atoms with E-state index in [1.165, 1.54) is 6.33 Å². The molecule has 0 unspecified atom stereocenters. The van der Waals surface area contributed by atoms with Gasteiger partial charge in [-0.25, -0.2) is 4.98 Å². The Bertz CT molecular complexity index is 517. The molecule has 0 aliphatic carbocycles. The zero-order chi connectivity index (χ0) is 12.8. The molecule has 18 heavy (non-hydrogen) atoms. The van der Waals surface area contributed by atoms with Crippen molar-refractivity contribution in [3.63, 3.8) is 0 Å². The molecule has 0 fully saturated rings. The predicted octanol–water partition coefficient (Wildman–Crippen LogP) is 0.766. The van der Waals surface area contributed by atoms with E-state index in [9.17, 15) is 0 Å². The lowest BCUT2D eigenvalue weighted by atomic mass is 10.1. The van der Waals surface area contributed by atoms with Crippen molar-refractivity contribution in [1.29, 1.82) is 0 Å². The van der Waals surface area contributed by atoms with E-state index in [2.05, 4.69) is 42.9 Å². The first-order chi connectivity index (χ1) is 8.83. The van der Waals surface area contributed by atoms with Gasteiger partial charge in [0.2, 0.25) is 0 Å². The van der Waals surface area contributed by atoms with Crippen LogP contribution in [0.5, 0.6) is 0 Å². The van der Waals surface area contributed by atoms with Gasteiger partial charge >= 0.3 is 0 Å². The molecule has 0 saturated carbocycles. The molecule has 0 bridgehead atoms. The molecule has 6 nitrogen and oxygen atoms in total. The predicted molar refractivity (Wildman–Crippen MR) is 71.1 cm³/mol. The van der Waals surface area contributed by atoms with Crippen LogP contribution >= 0.6 is 0 Å². The Morgan fingerprint density at radius 3 is 3.00 bits per heavy atom. The number of nitrogens with one attached hydrogen (secondary N) is 3. The first-order valence-corrected chi connectivity index (χ1v) is 5.66. The highest BCUT2D eigenvalue weighted by Crippen LogP contribution is 2.15. The second kappa shape index (κ2) is 5.81. The van der Waals surface area contributed by atoms with E-state index < -0.39 is 0 Å². The van der Waals surface area contributed by atoms with Gasteiger partial charge in [0.1, 0.15) is 6.33 Å². The van der Waals surface area contributed by atoms with E-state index >= 15 is 0 Å². The fourth-order valence-corrected chi connectivity index (χ4v) is 1.64. The minimum Gasteiger partial charge on any atom is -0.359 e. The maximum atomic E-state index is 4.13. The van der Waals surface area contributed by atoms with Crippen molar-refractivity contribution in [3.05, 3.63) is 36.2 Å². The van der Waals surface area contributed by atoms with E-state index in [1.807, 2.05) is 19.2 Å². The van der Waals surface area contributed by atoms with Crippen LogP contribution in [-0.4, -0.2) is 35.2 Å². The Labute approximate surface area is 106 Å². The molecule has 6 heteroatoms. The molecule has 0 saturated heterocycles. The van der Waals surface area contributed by atoms with E-state index in [0.29, 0.717) is 6.54 Å². The monoisotopic (exact) mass is 244 g/mol. The first-order valence-electron chi connectivity index (χ1n) is 5.66. The number of hydrogen-bond donors (Lipinski definition) is 3. The minimum atomic E-state index is 0.704. The summed E-state index contributed by atoms with van der Waals surface area (Å²) in [7, 11) is 3.57. The molecule has 0 amide bonds. The van der Waals surface area contributed by atoms with Crippen LogP contribution < -0.4 is 10.6 Å². The number of rotatable bonds is 3. The molecule has 94 valence electrons. The summed E-state index contributed by atoms with van der Waals surface area (Å²) in [5.41, 5.74) is 2.17. The highest BCUT2D eigenvalue weighted by atomic mass is 15.2. The van der Waals surface area contributed by atoms with Gasteiger partial charge in [-0.1, -0.05) is 18.2 Å². The van der Waals surface area contributed by atoms with Crippen LogP contribution in [0.4, 0.5) is 0 Å². The topological polar surface area (TPSA) is 78.0 Å². The van der Waals surface area contributed by atoms with Crippen molar-refractivity contribution in [2.24, 2.45) is 4.99 Å². The molecule has 0 radical (unpaired) electrons. The SMILES string of the molecule is CN=C(NC)NCc1cccc(-c2ncn[nH]2)c1. The van der Waals surface area contributed by atoms with Gasteiger partial charge < -0.3 is 10.6 Å². The number of aromatic nitrogens is 3. The lowest BCUT2D eigenvalue weighted by Crippen LogP contribution is -2.34. The van der Waals surface area contributed by atoms with Gasteiger partial charge in [0.25, 0.3) is 0 Å². The van der Waals surface area contributed by atoms with Crippen LogP contribution in [0.2, 0.25) is 0 Å². The number of H-pyrrole nitrogens is 1. The molecule has 0 atom stereocenters. The van der Waals surface area contributed by atoms with Gasteiger partial charge in [0.15, 0.2) is 11.8 Å². The maximum Gasteiger partial charge on any atom is 0.190 e. The molecular formula is C12H16N6. The largest absolute Gasteiger partial charge is 0.359 e. The molecular weight excluding hydrogens is 228 g/mol. The van der Waals surface area contributed by atoms with Crippen molar-refractivity contribution >= 4 is 5.96 Å². The Balaban J connectivity index is 2.09. The lowest BCUT2D eigenvalue weighted by molar-refractivity contribution is 0.866. The molecule has 0 spiro atoms. The Morgan fingerprint density at radius 1 is 1.44 bits per heavy atom. The Hall–Kier alpha value is -2.37. The average molecular weight is 244 g/mol. The third kappa shape index (κ3) is 2.85. The molecule has 3 N–H and O–H groups in total. The second-order valence-electron chi connectivity index (χ2n) is 3.71. The average Bonchev–Trinajstić information content (AvgIpc) is 2.94. The number of hydrogen-bond acceptors (Lipinski definition) is 3. The molecule has 1 heterocycles. The van der Waals surface area contributed by atoms with Gasteiger partial charge in [-0.3, -0.25) is 10.1 Å². The van der Waals surface area contributed by atoms with Crippen molar-refractivity contribution in [1.82, 2.24) is 25.8 Å².